The van der Waals surface area contributed by atoms with Crippen LogP contribution in [0.25, 0.3) is 22.3 Å². The summed E-state index contributed by atoms with van der Waals surface area (Å²) in [5, 5.41) is 2.96. The SMILES string of the molecule is CC(=O)C1CC(Oc2cc(-c3cscn3)nc3ccccc23)CN1C. The van der Waals surface area contributed by atoms with Crippen LogP contribution in [0.3, 0.4) is 0 Å². The second kappa shape index (κ2) is 6.54. The number of fused-ring (bicyclic) bond motifs is 1. The molecule has 2 aromatic heterocycles. The number of carbonyl (C=O) groups is 1. The number of aromatic nitrogens is 2. The van der Waals surface area contributed by atoms with Gasteiger partial charge in [-0.05, 0) is 26.1 Å². The van der Waals surface area contributed by atoms with Crippen molar-refractivity contribution in [1.29, 1.82) is 0 Å². The molecule has 1 aliphatic rings. The Hall–Kier alpha value is -2.31. The van der Waals surface area contributed by atoms with E-state index in [1.54, 1.807) is 23.8 Å². The van der Waals surface area contributed by atoms with E-state index in [9.17, 15) is 4.79 Å². The molecule has 1 fully saturated rings. The van der Waals surface area contributed by atoms with E-state index in [2.05, 4.69) is 9.88 Å². The van der Waals surface area contributed by atoms with E-state index in [4.69, 9.17) is 9.72 Å². The molecule has 1 aromatic carbocycles. The largest absolute Gasteiger partial charge is 0.488 e. The minimum absolute atomic E-state index is 0.00649. The van der Waals surface area contributed by atoms with Crippen LogP contribution in [-0.2, 0) is 4.79 Å². The van der Waals surface area contributed by atoms with Gasteiger partial charge in [0.15, 0.2) is 0 Å². The number of hydrogen-bond donors (Lipinski definition) is 0. The molecule has 0 aliphatic carbocycles. The van der Waals surface area contributed by atoms with Crippen LogP contribution >= 0.6 is 11.3 Å². The lowest BCUT2D eigenvalue weighted by Crippen LogP contribution is -2.31. The number of para-hydroxylation sites is 1. The third-order valence-corrected chi connectivity index (χ3v) is 5.23. The summed E-state index contributed by atoms with van der Waals surface area (Å²) >= 11 is 1.55. The van der Waals surface area contributed by atoms with Gasteiger partial charge in [-0.1, -0.05) is 12.1 Å². The molecule has 0 spiro atoms. The predicted octanol–water partition coefficient (Wildman–Crippen LogP) is 3.40. The number of benzene rings is 1. The van der Waals surface area contributed by atoms with Crippen molar-refractivity contribution in [2.75, 3.05) is 13.6 Å². The number of hydrogen-bond acceptors (Lipinski definition) is 6. The second-order valence-corrected chi connectivity index (χ2v) is 7.16. The number of likely N-dealkylation sites (N-methyl/N-ethyl adjacent to an activating group) is 1. The highest BCUT2D eigenvalue weighted by molar-refractivity contribution is 7.07. The maximum atomic E-state index is 11.8. The highest BCUT2D eigenvalue weighted by Crippen LogP contribution is 2.32. The Labute approximate surface area is 150 Å². The number of likely N-dealkylation sites (tertiary alicyclic amines) is 1. The van der Waals surface area contributed by atoms with Crippen molar-refractivity contribution in [2.24, 2.45) is 0 Å². The van der Waals surface area contributed by atoms with E-state index in [1.165, 1.54) is 0 Å². The van der Waals surface area contributed by atoms with Crippen LogP contribution in [0, 0.1) is 0 Å². The summed E-state index contributed by atoms with van der Waals surface area (Å²) in [7, 11) is 1.97. The first-order chi connectivity index (χ1) is 12.1. The number of rotatable bonds is 4. The van der Waals surface area contributed by atoms with Gasteiger partial charge in [-0.15, -0.1) is 11.3 Å². The molecule has 1 saturated heterocycles. The van der Waals surface area contributed by atoms with Gasteiger partial charge in [0, 0.05) is 29.8 Å². The summed E-state index contributed by atoms with van der Waals surface area (Å²) in [6.07, 6.45) is 0.710. The standard InChI is InChI=1S/C19H19N3O2S/c1-12(23)18-7-13(9-22(18)2)24-19-8-16(17-10-25-11-20-17)21-15-6-4-3-5-14(15)19/h3-6,8,10-11,13,18H,7,9H2,1-2H3. The van der Waals surface area contributed by atoms with Crippen molar-refractivity contribution in [3.63, 3.8) is 0 Å². The van der Waals surface area contributed by atoms with E-state index in [-0.39, 0.29) is 17.9 Å². The molecule has 0 radical (unpaired) electrons. The number of ether oxygens (including phenoxy) is 1. The summed E-state index contributed by atoms with van der Waals surface area (Å²) in [6.45, 7) is 2.39. The van der Waals surface area contributed by atoms with Gasteiger partial charge in [0.2, 0.25) is 0 Å². The molecule has 1 aliphatic heterocycles. The smallest absolute Gasteiger partial charge is 0.147 e. The van der Waals surface area contributed by atoms with Crippen molar-refractivity contribution >= 4 is 28.0 Å². The summed E-state index contributed by atoms with van der Waals surface area (Å²) in [5.74, 6) is 0.993. The highest BCUT2D eigenvalue weighted by Gasteiger charge is 2.34. The maximum absolute atomic E-state index is 11.8. The lowest BCUT2D eigenvalue weighted by atomic mass is 10.1. The van der Waals surface area contributed by atoms with Crippen LogP contribution < -0.4 is 4.74 Å². The average molecular weight is 353 g/mol. The van der Waals surface area contributed by atoms with Crippen molar-refractivity contribution in [2.45, 2.75) is 25.5 Å². The van der Waals surface area contributed by atoms with E-state index in [0.29, 0.717) is 6.42 Å². The molecule has 6 heteroatoms. The fraction of sp³-hybridized carbons (Fsp3) is 0.316. The number of ketones is 1. The van der Waals surface area contributed by atoms with E-state index < -0.39 is 0 Å². The lowest BCUT2D eigenvalue weighted by molar-refractivity contribution is -0.120. The molecule has 3 aromatic rings. The third kappa shape index (κ3) is 3.15. The van der Waals surface area contributed by atoms with Crippen LogP contribution in [0.15, 0.2) is 41.2 Å². The fourth-order valence-corrected chi connectivity index (χ4v) is 3.95. The van der Waals surface area contributed by atoms with Gasteiger partial charge >= 0.3 is 0 Å². The number of carbonyl (C=O) groups excluding carboxylic acids is 1. The minimum atomic E-state index is -0.0592. The zero-order valence-electron chi connectivity index (χ0n) is 14.2. The molecule has 0 bridgehead atoms. The molecule has 0 N–H and O–H groups in total. The fourth-order valence-electron chi connectivity index (χ4n) is 3.40. The molecule has 128 valence electrons. The Morgan fingerprint density at radius 2 is 2.16 bits per heavy atom. The third-order valence-electron chi connectivity index (χ3n) is 4.65. The molecular formula is C19H19N3O2S. The van der Waals surface area contributed by atoms with Gasteiger partial charge < -0.3 is 4.74 Å². The van der Waals surface area contributed by atoms with E-state index >= 15 is 0 Å². The van der Waals surface area contributed by atoms with Crippen molar-refractivity contribution < 1.29 is 9.53 Å². The molecule has 3 heterocycles. The Balaban J connectivity index is 1.70. The first-order valence-corrected chi connectivity index (χ1v) is 9.22. The topological polar surface area (TPSA) is 55.3 Å². The number of pyridine rings is 1. The Kier molecular flexibility index (Phi) is 4.23. The summed E-state index contributed by atoms with van der Waals surface area (Å²) in [4.78, 5) is 22.9. The van der Waals surface area contributed by atoms with Crippen LogP contribution in [0.2, 0.25) is 0 Å². The predicted molar refractivity (Wildman–Crippen MR) is 99.0 cm³/mol. The Morgan fingerprint density at radius 3 is 2.88 bits per heavy atom. The highest BCUT2D eigenvalue weighted by atomic mass is 32.1. The normalized spacial score (nSPS) is 20.9. The molecule has 25 heavy (non-hydrogen) atoms. The summed E-state index contributed by atoms with van der Waals surface area (Å²) in [5.41, 5.74) is 4.35. The summed E-state index contributed by atoms with van der Waals surface area (Å²) < 4.78 is 6.32. The number of nitrogens with zero attached hydrogens (tertiary/aromatic N) is 3. The van der Waals surface area contributed by atoms with Gasteiger partial charge in [-0.25, -0.2) is 9.97 Å². The summed E-state index contributed by atoms with van der Waals surface area (Å²) in [6, 6.07) is 9.85. The first kappa shape index (κ1) is 16.2. The first-order valence-electron chi connectivity index (χ1n) is 8.27. The van der Waals surface area contributed by atoms with Gasteiger partial charge in [0.05, 0.1) is 28.5 Å². The zero-order chi connectivity index (χ0) is 17.4. The molecule has 4 rings (SSSR count). The van der Waals surface area contributed by atoms with Gasteiger partial charge in [-0.2, -0.15) is 0 Å². The van der Waals surface area contributed by atoms with Crippen LogP contribution in [0.1, 0.15) is 13.3 Å². The van der Waals surface area contributed by atoms with Gasteiger partial charge in [-0.3, -0.25) is 9.69 Å². The Morgan fingerprint density at radius 1 is 1.32 bits per heavy atom. The molecular weight excluding hydrogens is 334 g/mol. The van der Waals surface area contributed by atoms with Crippen LogP contribution in [0.4, 0.5) is 0 Å². The van der Waals surface area contributed by atoms with Gasteiger partial charge in [0.1, 0.15) is 17.6 Å². The molecule has 0 amide bonds. The second-order valence-electron chi connectivity index (χ2n) is 6.44. The zero-order valence-corrected chi connectivity index (χ0v) is 15.0. The van der Waals surface area contributed by atoms with Crippen molar-refractivity contribution in [1.82, 2.24) is 14.9 Å². The monoisotopic (exact) mass is 353 g/mol. The average Bonchev–Trinajstić information content (AvgIpc) is 3.24. The quantitative estimate of drug-likeness (QED) is 0.719. The van der Waals surface area contributed by atoms with Crippen LogP contribution in [0.5, 0.6) is 5.75 Å². The molecule has 0 saturated carbocycles. The maximum Gasteiger partial charge on any atom is 0.147 e. The van der Waals surface area contributed by atoms with Crippen LogP contribution in [-0.4, -0.2) is 46.4 Å². The number of Topliss-reactive ketones (excluding diaryl/α,β-unsaturated/α-hetero) is 1. The van der Waals surface area contributed by atoms with Crippen molar-refractivity contribution in [3.8, 4) is 17.1 Å². The Bertz CT molecular complexity index is 910. The molecule has 2 unspecified atom stereocenters. The molecule has 2 atom stereocenters. The lowest BCUT2D eigenvalue weighted by Gasteiger charge is -2.16. The number of thiazole rings is 1. The van der Waals surface area contributed by atoms with E-state index in [0.717, 1.165) is 34.6 Å². The van der Waals surface area contributed by atoms with Crippen molar-refractivity contribution in [3.05, 3.63) is 41.2 Å². The minimum Gasteiger partial charge on any atom is -0.488 e. The molecule has 5 nitrogen and oxygen atoms in total. The van der Waals surface area contributed by atoms with E-state index in [1.807, 2.05) is 42.8 Å². The van der Waals surface area contributed by atoms with Gasteiger partial charge in [0.25, 0.3) is 0 Å².